The molecule has 0 bridgehead atoms. The van der Waals surface area contributed by atoms with Crippen molar-refractivity contribution in [3.8, 4) is 0 Å². The van der Waals surface area contributed by atoms with E-state index in [1.165, 1.54) is 0 Å². The number of carbonyl (C=O) groups is 2. The minimum Gasteiger partial charge on any atom is -0.370 e. The minimum absolute atomic E-state index is 0.0540. The molecule has 0 radical (unpaired) electrons. The van der Waals surface area contributed by atoms with Crippen LogP contribution in [0.1, 0.15) is 43.7 Å². The zero-order chi connectivity index (χ0) is 25.8. The topological polar surface area (TPSA) is 70.5 Å². The van der Waals surface area contributed by atoms with Crippen LogP contribution in [0.15, 0.2) is 84.9 Å². The van der Waals surface area contributed by atoms with Crippen molar-refractivity contribution in [3.63, 3.8) is 0 Å². The summed E-state index contributed by atoms with van der Waals surface area (Å²) in [6.07, 6.45) is 0.0711. The molecule has 4 aromatic rings. The number of hydrogen-bond acceptors (Lipinski definition) is 4. The molecule has 2 amide bonds. The Morgan fingerprint density at radius 3 is 2.38 bits per heavy atom. The molecule has 0 saturated heterocycles. The molecule has 7 nitrogen and oxygen atoms in total. The zero-order valence-corrected chi connectivity index (χ0v) is 21.4. The van der Waals surface area contributed by atoms with Crippen LogP contribution in [0.25, 0.3) is 11.0 Å². The highest BCUT2D eigenvalue weighted by Crippen LogP contribution is 2.37. The summed E-state index contributed by atoms with van der Waals surface area (Å²) in [5, 5.41) is 3.05. The minimum atomic E-state index is -0.640. The maximum absolute atomic E-state index is 13.9. The van der Waals surface area contributed by atoms with E-state index in [0.717, 1.165) is 34.7 Å². The van der Waals surface area contributed by atoms with Gasteiger partial charge < -0.3 is 19.7 Å². The predicted octanol–water partition coefficient (Wildman–Crippen LogP) is 4.71. The monoisotopic (exact) mass is 495 g/mol. The Labute approximate surface area is 217 Å². The molecule has 1 N–H and O–H groups in total. The third-order valence-electron chi connectivity index (χ3n) is 7.13. The second kappa shape index (κ2) is 10.9. The maximum Gasteiger partial charge on any atom is 0.247 e. The number of carbonyl (C=O) groups excluding carboxylic acids is 2. The van der Waals surface area contributed by atoms with Gasteiger partial charge in [-0.2, -0.15) is 0 Å². The van der Waals surface area contributed by atoms with Crippen molar-refractivity contribution in [2.45, 2.75) is 38.9 Å². The first kappa shape index (κ1) is 24.6. The summed E-state index contributed by atoms with van der Waals surface area (Å²) in [7, 11) is 0. The highest BCUT2D eigenvalue weighted by Gasteiger charge is 2.40. The van der Waals surface area contributed by atoms with Gasteiger partial charge in [0.1, 0.15) is 11.9 Å². The highest BCUT2D eigenvalue weighted by molar-refractivity contribution is 5.90. The molecule has 5 rings (SSSR count). The van der Waals surface area contributed by atoms with Gasteiger partial charge in [-0.3, -0.25) is 9.59 Å². The summed E-state index contributed by atoms with van der Waals surface area (Å²) in [6, 6.07) is 27.1. The Bertz CT molecular complexity index is 1370. The standard InChI is InChI=1S/C30H33N5O2/c1-3-33(24-14-8-5-9-15-24)19-18-31-28(36)20-27-30(37)34(21-23-12-6-4-7-13-23)22(2)29-32-25-16-10-11-17-26(25)35(27)29/h4-17,22,27H,3,18-21H2,1-2H3,(H,31,36). The molecule has 1 aromatic heterocycles. The number of para-hydroxylation sites is 3. The number of rotatable bonds is 9. The summed E-state index contributed by atoms with van der Waals surface area (Å²) < 4.78 is 1.98. The van der Waals surface area contributed by atoms with Crippen LogP contribution in [-0.2, 0) is 16.1 Å². The number of hydrogen-bond donors (Lipinski definition) is 1. The Balaban J connectivity index is 1.35. The van der Waals surface area contributed by atoms with Crippen molar-refractivity contribution in [2.24, 2.45) is 0 Å². The zero-order valence-electron chi connectivity index (χ0n) is 21.4. The van der Waals surface area contributed by atoms with Gasteiger partial charge >= 0.3 is 0 Å². The van der Waals surface area contributed by atoms with Crippen LogP contribution in [0, 0.1) is 0 Å². The highest BCUT2D eigenvalue weighted by atomic mass is 16.2. The molecule has 7 heteroatoms. The van der Waals surface area contributed by atoms with E-state index in [-0.39, 0.29) is 24.3 Å². The Morgan fingerprint density at radius 1 is 0.973 bits per heavy atom. The van der Waals surface area contributed by atoms with E-state index in [4.69, 9.17) is 4.98 Å². The van der Waals surface area contributed by atoms with E-state index in [1.54, 1.807) is 0 Å². The second-order valence-electron chi connectivity index (χ2n) is 9.44. The summed E-state index contributed by atoms with van der Waals surface area (Å²) in [5.74, 6) is 0.623. The van der Waals surface area contributed by atoms with E-state index in [1.807, 2.05) is 89.2 Å². The van der Waals surface area contributed by atoms with Gasteiger partial charge in [0, 0.05) is 31.9 Å². The first-order valence-corrected chi connectivity index (χ1v) is 12.9. The van der Waals surface area contributed by atoms with Crippen LogP contribution in [-0.4, -0.2) is 45.9 Å². The van der Waals surface area contributed by atoms with E-state index >= 15 is 0 Å². The average molecular weight is 496 g/mol. The molecular weight excluding hydrogens is 462 g/mol. The lowest BCUT2D eigenvalue weighted by Gasteiger charge is -2.38. The van der Waals surface area contributed by atoms with Crippen LogP contribution in [0.4, 0.5) is 5.69 Å². The van der Waals surface area contributed by atoms with Crippen LogP contribution in [0.3, 0.4) is 0 Å². The molecular formula is C30H33N5O2. The van der Waals surface area contributed by atoms with Crippen LogP contribution in [0.5, 0.6) is 0 Å². The number of aromatic nitrogens is 2. The van der Waals surface area contributed by atoms with E-state index in [0.29, 0.717) is 19.6 Å². The fourth-order valence-corrected chi connectivity index (χ4v) is 5.18. The lowest BCUT2D eigenvalue weighted by atomic mass is 10.0. The Hall–Kier alpha value is -4.13. The Kier molecular flexibility index (Phi) is 7.21. The first-order valence-electron chi connectivity index (χ1n) is 12.9. The third kappa shape index (κ3) is 5.07. The van der Waals surface area contributed by atoms with E-state index in [9.17, 15) is 9.59 Å². The van der Waals surface area contributed by atoms with Gasteiger partial charge in [0.05, 0.1) is 23.5 Å². The SMILES string of the molecule is CCN(CCNC(=O)CC1C(=O)N(Cc2ccccc2)C(C)c2nc3ccccc3n21)c1ccccc1. The second-order valence-corrected chi connectivity index (χ2v) is 9.44. The molecule has 2 heterocycles. The molecule has 2 atom stereocenters. The number of benzene rings is 3. The van der Waals surface area contributed by atoms with Crippen molar-refractivity contribution in [2.75, 3.05) is 24.5 Å². The summed E-state index contributed by atoms with van der Waals surface area (Å²) in [4.78, 5) is 36.0. The lowest BCUT2D eigenvalue weighted by Crippen LogP contribution is -2.46. The molecule has 37 heavy (non-hydrogen) atoms. The van der Waals surface area contributed by atoms with Gasteiger partial charge in [-0.25, -0.2) is 4.98 Å². The molecule has 0 aliphatic carbocycles. The molecule has 0 fully saturated rings. The fraction of sp³-hybridized carbons (Fsp3) is 0.300. The molecule has 1 aliphatic heterocycles. The normalized spacial score (nSPS) is 17.0. The molecule has 2 unspecified atom stereocenters. The van der Waals surface area contributed by atoms with Crippen molar-refractivity contribution < 1.29 is 9.59 Å². The van der Waals surface area contributed by atoms with Gasteiger partial charge in [-0.05, 0) is 43.7 Å². The van der Waals surface area contributed by atoms with Gasteiger partial charge in [0.15, 0.2) is 0 Å². The van der Waals surface area contributed by atoms with Gasteiger partial charge in [-0.1, -0.05) is 60.7 Å². The van der Waals surface area contributed by atoms with E-state index < -0.39 is 6.04 Å². The molecule has 190 valence electrons. The van der Waals surface area contributed by atoms with Gasteiger partial charge in [0.25, 0.3) is 0 Å². The van der Waals surface area contributed by atoms with Gasteiger partial charge in [0.2, 0.25) is 11.8 Å². The first-order chi connectivity index (χ1) is 18.1. The molecule has 1 aliphatic rings. The van der Waals surface area contributed by atoms with Crippen LogP contribution in [0.2, 0.25) is 0 Å². The van der Waals surface area contributed by atoms with E-state index in [2.05, 4.69) is 29.3 Å². The quantitative estimate of drug-likeness (QED) is 0.365. The number of likely N-dealkylation sites (N-methyl/N-ethyl adjacent to an activating group) is 1. The smallest absolute Gasteiger partial charge is 0.247 e. The van der Waals surface area contributed by atoms with Crippen molar-refractivity contribution in [1.82, 2.24) is 19.8 Å². The summed E-state index contributed by atoms with van der Waals surface area (Å²) in [6.45, 7) is 6.63. The summed E-state index contributed by atoms with van der Waals surface area (Å²) >= 11 is 0. The fourth-order valence-electron chi connectivity index (χ4n) is 5.18. The number of fused-ring (bicyclic) bond motifs is 3. The number of imidazole rings is 1. The van der Waals surface area contributed by atoms with Crippen molar-refractivity contribution in [3.05, 3.63) is 96.3 Å². The van der Waals surface area contributed by atoms with Crippen LogP contribution >= 0.6 is 0 Å². The van der Waals surface area contributed by atoms with Crippen molar-refractivity contribution in [1.29, 1.82) is 0 Å². The molecule has 0 spiro atoms. The number of nitrogens with one attached hydrogen (secondary N) is 1. The molecule has 3 aromatic carbocycles. The maximum atomic E-state index is 13.9. The number of amides is 2. The van der Waals surface area contributed by atoms with Crippen molar-refractivity contribution >= 4 is 28.5 Å². The number of nitrogens with zero attached hydrogens (tertiary/aromatic N) is 4. The number of anilines is 1. The third-order valence-corrected chi connectivity index (χ3v) is 7.13. The average Bonchev–Trinajstić information content (AvgIpc) is 3.32. The largest absolute Gasteiger partial charge is 0.370 e. The van der Waals surface area contributed by atoms with Crippen LogP contribution < -0.4 is 10.2 Å². The predicted molar refractivity (Wildman–Crippen MR) is 146 cm³/mol. The summed E-state index contributed by atoms with van der Waals surface area (Å²) in [5.41, 5.74) is 3.90. The van der Waals surface area contributed by atoms with Gasteiger partial charge in [-0.15, -0.1) is 0 Å². The Morgan fingerprint density at radius 2 is 1.65 bits per heavy atom. The lowest BCUT2D eigenvalue weighted by molar-refractivity contribution is -0.142. The molecule has 0 saturated carbocycles.